The Hall–Kier alpha value is -5.14. The fourth-order valence-corrected chi connectivity index (χ4v) is 5.44. The number of fused-ring (bicyclic) bond motifs is 2. The average molecular weight is 498 g/mol. The molecule has 0 saturated carbocycles. The van der Waals surface area contributed by atoms with E-state index in [0.29, 0.717) is 0 Å². The third-order valence-electron chi connectivity index (χ3n) is 7.48. The highest BCUT2D eigenvalue weighted by atomic mass is 14.9. The molecule has 1 N–H and O–H groups in total. The Morgan fingerprint density at radius 2 is 0.641 bits per heavy atom. The molecule has 184 valence electrons. The summed E-state index contributed by atoms with van der Waals surface area (Å²) in [5.74, 6) is 0. The van der Waals surface area contributed by atoms with E-state index in [0.717, 1.165) is 11.4 Å². The molecule has 0 aliphatic heterocycles. The molecule has 0 unspecified atom stereocenters. The van der Waals surface area contributed by atoms with Gasteiger partial charge in [0.05, 0.1) is 0 Å². The van der Waals surface area contributed by atoms with Crippen molar-refractivity contribution in [1.82, 2.24) is 0 Å². The van der Waals surface area contributed by atoms with Gasteiger partial charge in [0.2, 0.25) is 0 Å². The second-order valence-corrected chi connectivity index (χ2v) is 9.91. The molecule has 7 rings (SSSR count). The molecular formula is C38H27N. The number of benzene rings is 7. The molecule has 7 aromatic carbocycles. The zero-order valence-corrected chi connectivity index (χ0v) is 21.5. The van der Waals surface area contributed by atoms with Crippen molar-refractivity contribution in [3.63, 3.8) is 0 Å². The molecule has 0 fully saturated rings. The van der Waals surface area contributed by atoms with Crippen LogP contribution in [-0.2, 0) is 0 Å². The highest BCUT2D eigenvalue weighted by Gasteiger charge is 2.06. The van der Waals surface area contributed by atoms with Crippen LogP contribution in [0.5, 0.6) is 0 Å². The molecule has 0 aliphatic carbocycles. The van der Waals surface area contributed by atoms with Gasteiger partial charge in [0, 0.05) is 11.4 Å². The van der Waals surface area contributed by atoms with Gasteiger partial charge in [0.15, 0.2) is 0 Å². The van der Waals surface area contributed by atoms with Crippen LogP contribution in [0.25, 0.3) is 54.9 Å². The summed E-state index contributed by atoms with van der Waals surface area (Å²) in [5, 5.41) is 8.64. The van der Waals surface area contributed by atoms with E-state index < -0.39 is 0 Å². The predicted molar refractivity (Wildman–Crippen MR) is 167 cm³/mol. The maximum atomic E-state index is 3.55. The third-order valence-corrected chi connectivity index (χ3v) is 7.48. The van der Waals surface area contributed by atoms with Crippen LogP contribution in [0.4, 0.5) is 11.4 Å². The minimum absolute atomic E-state index is 1.07. The van der Waals surface area contributed by atoms with E-state index in [4.69, 9.17) is 0 Å². The SMILES string of the molecule is c1ccc2c(-c3ccc(Nc4ccc(-c5ccc(-c6cccc7ccccc67)cc5)cc4)cc3)cccc2c1. The van der Waals surface area contributed by atoms with E-state index in [9.17, 15) is 0 Å². The number of nitrogens with one attached hydrogen (secondary N) is 1. The quantitative estimate of drug-likeness (QED) is 0.249. The summed E-state index contributed by atoms with van der Waals surface area (Å²) in [6.07, 6.45) is 0. The van der Waals surface area contributed by atoms with E-state index >= 15 is 0 Å². The van der Waals surface area contributed by atoms with Crippen LogP contribution < -0.4 is 5.32 Å². The molecule has 39 heavy (non-hydrogen) atoms. The van der Waals surface area contributed by atoms with E-state index in [2.05, 4.69) is 163 Å². The third kappa shape index (κ3) is 4.56. The molecule has 0 aromatic heterocycles. The van der Waals surface area contributed by atoms with E-state index in [1.54, 1.807) is 0 Å². The van der Waals surface area contributed by atoms with Crippen LogP contribution in [-0.4, -0.2) is 0 Å². The predicted octanol–water partition coefficient (Wildman–Crippen LogP) is 10.7. The van der Waals surface area contributed by atoms with Crippen LogP contribution in [0.15, 0.2) is 158 Å². The lowest BCUT2D eigenvalue weighted by molar-refractivity contribution is 1.54. The first-order valence-electron chi connectivity index (χ1n) is 13.4. The fourth-order valence-electron chi connectivity index (χ4n) is 5.44. The van der Waals surface area contributed by atoms with Crippen molar-refractivity contribution in [3.8, 4) is 33.4 Å². The van der Waals surface area contributed by atoms with Gasteiger partial charge in [0.1, 0.15) is 0 Å². The van der Waals surface area contributed by atoms with E-state index in [-0.39, 0.29) is 0 Å². The zero-order valence-electron chi connectivity index (χ0n) is 21.5. The normalized spacial score (nSPS) is 11.1. The Morgan fingerprint density at radius 1 is 0.282 bits per heavy atom. The van der Waals surface area contributed by atoms with E-state index in [1.807, 2.05) is 0 Å². The largest absolute Gasteiger partial charge is 0.356 e. The minimum atomic E-state index is 1.07. The smallest absolute Gasteiger partial charge is 0.0384 e. The first-order chi connectivity index (χ1) is 19.3. The monoisotopic (exact) mass is 497 g/mol. The summed E-state index contributed by atoms with van der Waals surface area (Å²) in [6.45, 7) is 0. The Morgan fingerprint density at radius 3 is 1.13 bits per heavy atom. The Bertz CT molecular complexity index is 1890. The maximum absolute atomic E-state index is 3.55. The Balaban J connectivity index is 1.08. The number of hydrogen-bond acceptors (Lipinski definition) is 1. The summed E-state index contributed by atoms with van der Waals surface area (Å²) in [6, 6.07) is 56.3. The summed E-state index contributed by atoms with van der Waals surface area (Å²) < 4.78 is 0. The molecule has 0 bridgehead atoms. The molecule has 7 aromatic rings. The molecule has 0 atom stereocenters. The molecule has 0 aliphatic rings. The van der Waals surface area contributed by atoms with Crippen molar-refractivity contribution in [2.24, 2.45) is 0 Å². The van der Waals surface area contributed by atoms with Crippen molar-refractivity contribution < 1.29 is 0 Å². The highest BCUT2D eigenvalue weighted by Crippen LogP contribution is 2.32. The molecule has 0 spiro atoms. The second-order valence-electron chi connectivity index (χ2n) is 9.91. The number of hydrogen-bond donors (Lipinski definition) is 1. The molecule has 0 radical (unpaired) electrons. The standard InChI is InChI=1S/C38H27N/c1-3-11-35-29(7-1)9-5-13-37(35)31-17-15-27(16-18-31)28-19-23-33(24-20-28)39-34-25-21-32(22-26-34)38-14-6-10-30-8-2-4-12-36(30)38/h1-26,39H. The van der Waals surface area contributed by atoms with Gasteiger partial charge < -0.3 is 5.32 Å². The van der Waals surface area contributed by atoms with Crippen LogP contribution in [0.3, 0.4) is 0 Å². The Labute approximate surface area is 229 Å². The van der Waals surface area contributed by atoms with Crippen LogP contribution in [0.2, 0.25) is 0 Å². The molecule has 1 heteroatoms. The lowest BCUT2D eigenvalue weighted by Crippen LogP contribution is -1.90. The molecule has 0 saturated heterocycles. The van der Waals surface area contributed by atoms with Crippen LogP contribution in [0, 0.1) is 0 Å². The molecule has 1 nitrogen and oxygen atoms in total. The van der Waals surface area contributed by atoms with Crippen molar-refractivity contribution in [2.45, 2.75) is 0 Å². The van der Waals surface area contributed by atoms with Gasteiger partial charge in [-0.2, -0.15) is 0 Å². The van der Waals surface area contributed by atoms with Gasteiger partial charge in [-0.05, 0) is 79.2 Å². The summed E-state index contributed by atoms with van der Waals surface area (Å²) in [7, 11) is 0. The zero-order chi connectivity index (χ0) is 26.0. The van der Waals surface area contributed by atoms with Gasteiger partial charge in [-0.3, -0.25) is 0 Å². The maximum Gasteiger partial charge on any atom is 0.0384 e. The van der Waals surface area contributed by atoms with Crippen molar-refractivity contribution in [1.29, 1.82) is 0 Å². The summed E-state index contributed by atoms with van der Waals surface area (Å²) >= 11 is 0. The van der Waals surface area contributed by atoms with Crippen LogP contribution in [0.1, 0.15) is 0 Å². The lowest BCUT2D eigenvalue weighted by Gasteiger charge is -2.11. The molecule has 0 amide bonds. The second kappa shape index (κ2) is 9.96. The Kier molecular flexibility index (Phi) is 5.88. The first kappa shape index (κ1) is 23.0. The minimum Gasteiger partial charge on any atom is -0.356 e. The topological polar surface area (TPSA) is 12.0 Å². The van der Waals surface area contributed by atoms with Gasteiger partial charge >= 0.3 is 0 Å². The first-order valence-corrected chi connectivity index (χ1v) is 13.4. The van der Waals surface area contributed by atoms with Gasteiger partial charge in [0.25, 0.3) is 0 Å². The van der Waals surface area contributed by atoms with Crippen molar-refractivity contribution >= 4 is 32.9 Å². The number of rotatable bonds is 5. The highest BCUT2D eigenvalue weighted by molar-refractivity contribution is 5.97. The lowest BCUT2D eigenvalue weighted by atomic mass is 9.96. The van der Waals surface area contributed by atoms with Crippen molar-refractivity contribution in [2.75, 3.05) is 5.32 Å². The van der Waals surface area contributed by atoms with E-state index in [1.165, 1.54) is 54.9 Å². The van der Waals surface area contributed by atoms with Gasteiger partial charge in [-0.1, -0.05) is 133 Å². The summed E-state index contributed by atoms with van der Waals surface area (Å²) in [5.41, 5.74) is 9.55. The van der Waals surface area contributed by atoms with Crippen LogP contribution >= 0.6 is 0 Å². The number of anilines is 2. The molecule has 0 heterocycles. The average Bonchev–Trinajstić information content (AvgIpc) is 3.01. The van der Waals surface area contributed by atoms with Gasteiger partial charge in [-0.25, -0.2) is 0 Å². The van der Waals surface area contributed by atoms with Crippen molar-refractivity contribution in [3.05, 3.63) is 158 Å². The summed E-state index contributed by atoms with van der Waals surface area (Å²) in [4.78, 5) is 0. The molecular weight excluding hydrogens is 470 g/mol. The van der Waals surface area contributed by atoms with Gasteiger partial charge in [-0.15, -0.1) is 0 Å². The fraction of sp³-hybridized carbons (Fsp3) is 0.